The molecule has 0 radical (unpaired) electrons. The lowest BCUT2D eigenvalue weighted by molar-refractivity contribution is -0.119. The van der Waals surface area contributed by atoms with Crippen molar-refractivity contribution >= 4 is 27.5 Å². The van der Waals surface area contributed by atoms with E-state index in [1.54, 1.807) is 6.92 Å². The molecule has 0 spiro atoms. The summed E-state index contributed by atoms with van der Waals surface area (Å²) in [5.74, 6) is 0.0140. The molecule has 0 saturated carbocycles. The van der Waals surface area contributed by atoms with Gasteiger partial charge in [0.1, 0.15) is 0 Å². The Morgan fingerprint density at radius 1 is 1.47 bits per heavy atom. The normalized spacial score (nSPS) is 12.1. The third-order valence-electron chi connectivity index (χ3n) is 2.89. The summed E-state index contributed by atoms with van der Waals surface area (Å²) in [5.41, 5.74) is 1.81. The molecule has 0 aromatic heterocycles. The number of aliphatic hydroxyl groups is 1. The van der Waals surface area contributed by atoms with Gasteiger partial charge in [0.2, 0.25) is 5.91 Å². The molecule has 2 N–H and O–H groups in total. The number of anilines is 1. The van der Waals surface area contributed by atoms with Crippen molar-refractivity contribution in [2.75, 3.05) is 24.5 Å². The quantitative estimate of drug-likeness (QED) is 0.843. The molecular weight excluding hydrogens is 308 g/mol. The molecule has 1 aromatic carbocycles. The zero-order chi connectivity index (χ0) is 14.4. The predicted molar refractivity (Wildman–Crippen MR) is 81.3 cm³/mol. The zero-order valence-electron chi connectivity index (χ0n) is 11.6. The van der Waals surface area contributed by atoms with Crippen molar-refractivity contribution in [3.63, 3.8) is 0 Å². The lowest BCUT2D eigenvalue weighted by atomic mass is 10.1. The van der Waals surface area contributed by atoms with Crippen molar-refractivity contribution in [1.82, 2.24) is 5.32 Å². The van der Waals surface area contributed by atoms with Crippen LogP contribution in [0, 0.1) is 0 Å². The van der Waals surface area contributed by atoms with Gasteiger partial charge in [0.05, 0.1) is 12.6 Å². The third kappa shape index (κ3) is 4.51. The molecule has 1 rings (SSSR count). The monoisotopic (exact) mass is 328 g/mol. The number of hydrogen-bond acceptors (Lipinski definition) is 3. The summed E-state index contributed by atoms with van der Waals surface area (Å²) in [5, 5.41) is 12.4. The van der Waals surface area contributed by atoms with Gasteiger partial charge in [0.25, 0.3) is 0 Å². The Morgan fingerprint density at radius 2 is 2.16 bits per heavy atom. The van der Waals surface area contributed by atoms with E-state index in [2.05, 4.69) is 21.2 Å². The number of nitrogens with one attached hydrogen (secondary N) is 1. The average molecular weight is 329 g/mol. The number of likely N-dealkylation sites (N-methyl/N-ethyl adjacent to an activating group) is 2. The molecule has 0 heterocycles. The van der Waals surface area contributed by atoms with E-state index < -0.39 is 6.10 Å². The maximum Gasteiger partial charge on any atom is 0.239 e. The molecule has 0 unspecified atom stereocenters. The summed E-state index contributed by atoms with van der Waals surface area (Å²) in [6, 6.07) is 5.74. The number of carbonyl (C=O) groups excluding carboxylic acids is 1. The molecule has 5 heteroatoms. The van der Waals surface area contributed by atoms with Gasteiger partial charge < -0.3 is 15.3 Å². The third-order valence-corrected chi connectivity index (χ3v) is 3.58. The number of carbonyl (C=O) groups is 1. The fourth-order valence-corrected chi connectivity index (χ4v) is 2.56. The van der Waals surface area contributed by atoms with Gasteiger partial charge in [-0.25, -0.2) is 0 Å². The smallest absolute Gasteiger partial charge is 0.239 e. The number of amides is 1. The minimum absolute atomic E-state index is 0.0140. The highest BCUT2D eigenvalue weighted by Gasteiger charge is 2.12. The number of aliphatic hydroxyl groups excluding tert-OH is 1. The van der Waals surface area contributed by atoms with E-state index in [0.29, 0.717) is 13.1 Å². The maximum atomic E-state index is 11.6. The first kappa shape index (κ1) is 16.0. The molecule has 0 aliphatic heterocycles. The highest BCUT2D eigenvalue weighted by Crippen LogP contribution is 2.28. The van der Waals surface area contributed by atoms with Crippen molar-refractivity contribution < 1.29 is 9.90 Å². The second-order valence-corrected chi connectivity index (χ2v) is 5.20. The predicted octanol–water partition coefficient (Wildman–Crippen LogP) is 2.46. The van der Waals surface area contributed by atoms with E-state index in [1.165, 1.54) is 0 Å². The van der Waals surface area contributed by atoms with Crippen LogP contribution >= 0.6 is 15.9 Å². The molecular formula is C14H21BrN2O2. The Hall–Kier alpha value is -1.07. The van der Waals surface area contributed by atoms with E-state index >= 15 is 0 Å². The molecule has 0 fully saturated rings. The first-order chi connectivity index (χ1) is 8.99. The van der Waals surface area contributed by atoms with Gasteiger partial charge in [0.15, 0.2) is 0 Å². The van der Waals surface area contributed by atoms with Crippen molar-refractivity contribution in [1.29, 1.82) is 0 Å². The fraction of sp³-hybridized carbons (Fsp3) is 0.500. The lowest BCUT2D eigenvalue weighted by Gasteiger charge is -2.23. The van der Waals surface area contributed by atoms with Gasteiger partial charge in [-0.3, -0.25) is 4.79 Å². The summed E-state index contributed by atoms with van der Waals surface area (Å²) in [6.45, 7) is 7.37. The SMILES string of the molecule is CCNC(=O)CN(CC)c1ccc([C@H](C)O)c(Br)c1. The summed E-state index contributed by atoms with van der Waals surface area (Å²) < 4.78 is 0.856. The van der Waals surface area contributed by atoms with Gasteiger partial charge in [-0.1, -0.05) is 22.0 Å². The second kappa shape index (κ2) is 7.50. The highest BCUT2D eigenvalue weighted by molar-refractivity contribution is 9.10. The van der Waals surface area contributed by atoms with E-state index in [4.69, 9.17) is 0 Å². The minimum atomic E-state index is -0.512. The first-order valence-corrected chi connectivity index (χ1v) is 7.28. The van der Waals surface area contributed by atoms with Gasteiger partial charge in [-0.15, -0.1) is 0 Å². The largest absolute Gasteiger partial charge is 0.389 e. The number of rotatable bonds is 6. The van der Waals surface area contributed by atoms with Crippen LogP contribution in [0.4, 0.5) is 5.69 Å². The van der Waals surface area contributed by atoms with Crippen LogP contribution in [0.5, 0.6) is 0 Å². The maximum absolute atomic E-state index is 11.6. The van der Waals surface area contributed by atoms with Crippen LogP contribution in [0.1, 0.15) is 32.4 Å². The van der Waals surface area contributed by atoms with E-state index in [0.717, 1.165) is 22.3 Å². The van der Waals surface area contributed by atoms with Crippen molar-refractivity contribution in [2.45, 2.75) is 26.9 Å². The van der Waals surface area contributed by atoms with Crippen LogP contribution in [0.25, 0.3) is 0 Å². The van der Waals surface area contributed by atoms with Gasteiger partial charge >= 0.3 is 0 Å². The molecule has 0 aliphatic rings. The molecule has 106 valence electrons. The zero-order valence-corrected chi connectivity index (χ0v) is 13.2. The molecule has 0 aliphatic carbocycles. The lowest BCUT2D eigenvalue weighted by Crippen LogP contribution is -2.37. The van der Waals surface area contributed by atoms with Crippen LogP contribution in [0.3, 0.4) is 0 Å². The Labute approximate surface area is 122 Å². The second-order valence-electron chi connectivity index (χ2n) is 4.35. The Bertz CT molecular complexity index is 435. The average Bonchev–Trinajstić information content (AvgIpc) is 2.35. The van der Waals surface area contributed by atoms with Crippen LogP contribution in [0.15, 0.2) is 22.7 Å². The van der Waals surface area contributed by atoms with E-state index in [9.17, 15) is 9.90 Å². The molecule has 1 aromatic rings. The number of halogens is 1. The number of hydrogen-bond donors (Lipinski definition) is 2. The van der Waals surface area contributed by atoms with Crippen LogP contribution in [-0.2, 0) is 4.79 Å². The Morgan fingerprint density at radius 3 is 2.63 bits per heavy atom. The summed E-state index contributed by atoms with van der Waals surface area (Å²) in [6.07, 6.45) is -0.512. The minimum Gasteiger partial charge on any atom is -0.389 e. The number of benzene rings is 1. The van der Waals surface area contributed by atoms with Crippen LogP contribution in [0.2, 0.25) is 0 Å². The standard InChI is InChI=1S/C14H21BrN2O2/c1-4-16-14(19)9-17(5-2)11-6-7-12(10(3)18)13(15)8-11/h6-8,10,18H,4-5,9H2,1-3H3,(H,16,19)/t10-/m0/s1. The number of nitrogens with zero attached hydrogens (tertiary/aromatic N) is 1. The van der Waals surface area contributed by atoms with Crippen molar-refractivity contribution in [3.8, 4) is 0 Å². The molecule has 19 heavy (non-hydrogen) atoms. The highest BCUT2D eigenvalue weighted by atomic mass is 79.9. The van der Waals surface area contributed by atoms with Gasteiger partial charge in [-0.05, 0) is 38.5 Å². The van der Waals surface area contributed by atoms with Crippen LogP contribution in [-0.4, -0.2) is 30.6 Å². The van der Waals surface area contributed by atoms with Crippen molar-refractivity contribution in [3.05, 3.63) is 28.2 Å². The molecule has 0 saturated heterocycles. The molecule has 4 nitrogen and oxygen atoms in total. The van der Waals surface area contributed by atoms with Crippen LogP contribution < -0.4 is 10.2 Å². The fourth-order valence-electron chi connectivity index (χ4n) is 1.86. The summed E-state index contributed by atoms with van der Waals surface area (Å²) in [4.78, 5) is 13.6. The topological polar surface area (TPSA) is 52.6 Å². The molecule has 1 atom stereocenters. The van der Waals surface area contributed by atoms with Crippen molar-refractivity contribution in [2.24, 2.45) is 0 Å². The van der Waals surface area contributed by atoms with E-state index in [-0.39, 0.29) is 5.91 Å². The van der Waals surface area contributed by atoms with E-state index in [1.807, 2.05) is 36.9 Å². The summed E-state index contributed by atoms with van der Waals surface area (Å²) >= 11 is 3.45. The Kier molecular flexibility index (Phi) is 6.31. The first-order valence-electron chi connectivity index (χ1n) is 6.48. The summed E-state index contributed by atoms with van der Waals surface area (Å²) in [7, 11) is 0. The molecule has 1 amide bonds. The Balaban J connectivity index is 2.87. The molecule has 0 bridgehead atoms. The van der Waals surface area contributed by atoms with Gasteiger partial charge in [0, 0.05) is 23.2 Å². The van der Waals surface area contributed by atoms with Gasteiger partial charge in [-0.2, -0.15) is 0 Å².